The molecule has 17 unspecified atom stereocenters. The molecule has 3 fully saturated rings. The Morgan fingerprint density at radius 2 is 0.615 bits per heavy atom. The summed E-state index contributed by atoms with van der Waals surface area (Å²) in [6, 6.07) is -0.992. The van der Waals surface area contributed by atoms with E-state index < -0.39 is 124 Å². The number of ether oxygens (including phenoxy) is 6. The zero-order chi connectivity index (χ0) is 78.8. The molecule has 3 saturated heterocycles. The molecule has 19 heteroatoms. The molecule has 0 spiro atoms. The minimum Gasteiger partial charge on any atom is -0.394 e. The van der Waals surface area contributed by atoms with E-state index in [-0.39, 0.29) is 18.9 Å². The van der Waals surface area contributed by atoms with E-state index in [1.807, 2.05) is 6.08 Å². The molecule has 638 valence electrons. The van der Waals surface area contributed by atoms with Gasteiger partial charge in [0.1, 0.15) is 73.2 Å². The highest BCUT2D eigenvalue weighted by Gasteiger charge is 2.54. The summed E-state index contributed by atoms with van der Waals surface area (Å²) in [5, 5.41) is 121. The SMILES string of the molecule is CCCCCCC/C=C\C/C=C\C/C=C\CCCCCCCCCCCCCCCCCCCCCCCCC(=O)NC(COC1OC(CO)C(OC2OC(CO)C(OC3OC(CO)C(O)C(O)C3O)C(O)C2O)C(O)C1O)C(O)/C=C/CC/C=C/CCCCCCCCCCCCCCCCCCCCCCC. The van der Waals surface area contributed by atoms with Gasteiger partial charge in [-0.1, -0.05) is 357 Å². The van der Waals surface area contributed by atoms with Gasteiger partial charge >= 0.3 is 0 Å². The zero-order valence-corrected chi connectivity index (χ0v) is 68.8. The fourth-order valence-electron chi connectivity index (χ4n) is 15.1. The summed E-state index contributed by atoms with van der Waals surface area (Å²) in [7, 11) is 0. The van der Waals surface area contributed by atoms with Gasteiger partial charge in [-0.2, -0.15) is 0 Å². The molecule has 0 aromatic carbocycles. The molecular formula is C90H165NO18. The molecule has 3 rings (SSSR count). The van der Waals surface area contributed by atoms with Crippen LogP contribution >= 0.6 is 0 Å². The first-order chi connectivity index (χ1) is 53.3. The lowest BCUT2D eigenvalue weighted by atomic mass is 9.96. The lowest BCUT2D eigenvalue weighted by molar-refractivity contribution is -0.379. The Kier molecular flexibility index (Phi) is 64.4. The standard InChI is InChI=1S/C90H165NO18/c1-3-5-7-9-11-13-15-17-19-21-23-25-27-29-31-32-33-34-35-36-37-38-39-40-42-44-46-48-50-52-54-56-58-60-62-64-66-68-78(96)91-73(74(95)67-65-63-61-59-57-55-53-51-49-47-45-43-41-30-28-26-24-22-20-18-16-14-12-10-8-6-4-2)72-104-88-84(102)81(99)86(76(70-93)106-88)109-90-85(103)82(100)87(77(71-94)107-90)108-89-83(101)80(98)79(97)75(69-92)105-89/h15,17,21,23,27,29,57,59,65,67,73-77,79-90,92-95,97-103H,3-14,16,18-20,22,24-26,28,30-56,58,60-64,66,68-72H2,1-2H3,(H,91,96)/b17-15-,23-21-,29-27-,59-57+,67-65+. The van der Waals surface area contributed by atoms with Crippen LogP contribution in [0.1, 0.15) is 373 Å². The summed E-state index contributed by atoms with van der Waals surface area (Å²) >= 11 is 0. The van der Waals surface area contributed by atoms with Gasteiger partial charge < -0.3 is 89.9 Å². The molecule has 0 aromatic rings. The number of allylic oxidation sites excluding steroid dienone is 9. The smallest absolute Gasteiger partial charge is 0.220 e. The second-order valence-electron chi connectivity index (χ2n) is 32.1. The van der Waals surface area contributed by atoms with Crippen molar-refractivity contribution in [2.24, 2.45) is 0 Å². The third kappa shape index (κ3) is 48.6. The monoisotopic (exact) mass is 1550 g/mol. The van der Waals surface area contributed by atoms with Crippen LogP contribution in [0.2, 0.25) is 0 Å². The highest BCUT2D eigenvalue weighted by Crippen LogP contribution is 2.34. The van der Waals surface area contributed by atoms with E-state index in [0.29, 0.717) is 12.8 Å². The Bertz CT molecular complexity index is 2200. The van der Waals surface area contributed by atoms with Crippen LogP contribution in [0.15, 0.2) is 60.8 Å². The highest BCUT2D eigenvalue weighted by molar-refractivity contribution is 5.76. The first-order valence-corrected chi connectivity index (χ1v) is 45.0. The van der Waals surface area contributed by atoms with Crippen molar-refractivity contribution < 1.29 is 89.4 Å². The minimum absolute atomic E-state index is 0.238. The number of rotatable bonds is 73. The minimum atomic E-state index is -1.98. The Morgan fingerprint density at radius 3 is 0.982 bits per heavy atom. The van der Waals surface area contributed by atoms with E-state index in [1.165, 1.54) is 289 Å². The first-order valence-electron chi connectivity index (χ1n) is 45.0. The molecule has 0 aliphatic carbocycles. The molecule has 1 amide bonds. The van der Waals surface area contributed by atoms with Gasteiger partial charge in [-0.15, -0.1) is 0 Å². The number of aliphatic hydroxyl groups is 11. The molecular weight excluding hydrogens is 1380 g/mol. The van der Waals surface area contributed by atoms with Crippen LogP contribution in [0, 0.1) is 0 Å². The van der Waals surface area contributed by atoms with Crippen molar-refractivity contribution in [3.05, 3.63) is 60.8 Å². The van der Waals surface area contributed by atoms with E-state index in [4.69, 9.17) is 28.4 Å². The maximum Gasteiger partial charge on any atom is 0.220 e. The normalized spacial score (nSPS) is 25.5. The van der Waals surface area contributed by atoms with E-state index in [0.717, 1.165) is 51.4 Å². The van der Waals surface area contributed by atoms with Gasteiger partial charge in [0.25, 0.3) is 0 Å². The number of amides is 1. The van der Waals surface area contributed by atoms with Crippen LogP contribution in [0.4, 0.5) is 0 Å². The Hall–Kier alpha value is -2.51. The number of carbonyl (C=O) groups excluding carboxylic acids is 1. The van der Waals surface area contributed by atoms with Crippen molar-refractivity contribution >= 4 is 5.91 Å². The largest absolute Gasteiger partial charge is 0.394 e. The van der Waals surface area contributed by atoms with Crippen LogP contribution in [-0.4, -0.2) is 193 Å². The Balaban J connectivity index is 1.33. The van der Waals surface area contributed by atoms with E-state index in [1.54, 1.807) is 6.08 Å². The Morgan fingerprint density at radius 1 is 0.330 bits per heavy atom. The van der Waals surface area contributed by atoms with Crippen LogP contribution in [0.3, 0.4) is 0 Å². The summed E-state index contributed by atoms with van der Waals surface area (Å²) in [6.45, 7) is 1.76. The van der Waals surface area contributed by atoms with Crippen LogP contribution in [0.25, 0.3) is 0 Å². The number of carbonyl (C=O) groups is 1. The molecule has 19 nitrogen and oxygen atoms in total. The molecule has 3 aliphatic rings. The van der Waals surface area contributed by atoms with Gasteiger partial charge in [0, 0.05) is 6.42 Å². The second-order valence-corrected chi connectivity index (χ2v) is 32.1. The van der Waals surface area contributed by atoms with Gasteiger partial charge in [-0.3, -0.25) is 4.79 Å². The summed E-state index contributed by atoms with van der Waals surface area (Å²) in [4.78, 5) is 13.5. The van der Waals surface area contributed by atoms with Crippen molar-refractivity contribution in [1.29, 1.82) is 0 Å². The molecule has 12 N–H and O–H groups in total. The Labute approximate surface area is 662 Å². The lowest BCUT2D eigenvalue weighted by Gasteiger charge is -2.48. The number of hydrogen-bond donors (Lipinski definition) is 12. The average molecular weight is 1550 g/mol. The van der Waals surface area contributed by atoms with E-state index >= 15 is 0 Å². The summed E-state index contributed by atoms with van der Waals surface area (Å²) in [5.41, 5.74) is 0. The predicted molar refractivity (Wildman–Crippen MR) is 439 cm³/mol. The maximum absolute atomic E-state index is 13.5. The number of unbranched alkanes of at least 4 members (excludes halogenated alkanes) is 49. The molecule has 0 aromatic heterocycles. The molecule has 3 aliphatic heterocycles. The molecule has 0 bridgehead atoms. The molecule has 109 heavy (non-hydrogen) atoms. The van der Waals surface area contributed by atoms with E-state index in [2.05, 4.69) is 67.8 Å². The summed E-state index contributed by atoms with van der Waals surface area (Å²) < 4.78 is 34.5. The maximum atomic E-state index is 13.5. The molecule has 3 heterocycles. The van der Waals surface area contributed by atoms with Gasteiger partial charge in [0.05, 0.1) is 38.6 Å². The van der Waals surface area contributed by atoms with Gasteiger partial charge in [-0.25, -0.2) is 0 Å². The van der Waals surface area contributed by atoms with Crippen molar-refractivity contribution in [3.63, 3.8) is 0 Å². The average Bonchev–Trinajstić information content (AvgIpc) is 0.760. The van der Waals surface area contributed by atoms with Crippen LogP contribution in [0.5, 0.6) is 0 Å². The molecule has 17 atom stereocenters. The van der Waals surface area contributed by atoms with Gasteiger partial charge in [-0.05, 0) is 70.6 Å². The topological polar surface area (TPSA) is 307 Å². The van der Waals surface area contributed by atoms with E-state index in [9.17, 15) is 61.0 Å². The number of nitrogens with one attached hydrogen (secondary N) is 1. The zero-order valence-electron chi connectivity index (χ0n) is 68.8. The predicted octanol–water partition coefficient (Wildman–Crippen LogP) is 17.0. The van der Waals surface area contributed by atoms with Crippen molar-refractivity contribution in [2.75, 3.05) is 26.4 Å². The quantitative estimate of drug-likeness (QED) is 0.0199. The fourth-order valence-corrected chi connectivity index (χ4v) is 15.1. The van der Waals surface area contributed by atoms with Crippen molar-refractivity contribution in [1.82, 2.24) is 5.32 Å². The highest BCUT2D eigenvalue weighted by atomic mass is 16.8. The first kappa shape index (κ1) is 101. The number of hydrogen-bond acceptors (Lipinski definition) is 18. The molecule has 0 radical (unpaired) electrons. The number of aliphatic hydroxyl groups excluding tert-OH is 11. The third-order valence-electron chi connectivity index (χ3n) is 22.3. The van der Waals surface area contributed by atoms with Crippen molar-refractivity contribution in [2.45, 2.75) is 478 Å². The van der Waals surface area contributed by atoms with Crippen LogP contribution in [-0.2, 0) is 33.2 Å². The fraction of sp³-hybridized carbons (Fsp3) is 0.878. The molecule has 0 saturated carbocycles. The van der Waals surface area contributed by atoms with Crippen LogP contribution < -0.4 is 5.32 Å². The van der Waals surface area contributed by atoms with Gasteiger partial charge in [0.15, 0.2) is 18.9 Å². The summed E-state index contributed by atoms with van der Waals surface area (Å²) in [5.74, 6) is -0.279. The lowest BCUT2D eigenvalue weighted by Crippen LogP contribution is -2.66. The van der Waals surface area contributed by atoms with Gasteiger partial charge in [0.2, 0.25) is 5.91 Å². The van der Waals surface area contributed by atoms with Crippen molar-refractivity contribution in [3.8, 4) is 0 Å². The second kappa shape index (κ2) is 69.8. The summed E-state index contributed by atoms with van der Waals surface area (Å²) in [6.07, 6.45) is 65.2. The third-order valence-corrected chi connectivity index (χ3v) is 22.3.